The Morgan fingerprint density at radius 1 is 0.935 bits per heavy atom. The van der Waals surface area contributed by atoms with Crippen molar-refractivity contribution < 1.29 is 23.9 Å². The summed E-state index contributed by atoms with van der Waals surface area (Å²) in [6.45, 7) is 16.0. The maximum Gasteiger partial charge on any atom is 0.328 e. The van der Waals surface area contributed by atoms with Crippen LogP contribution in [0.15, 0.2) is 30.3 Å². The molecule has 0 spiro atoms. The van der Waals surface area contributed by atoms with Gasteiger partial charge in [-0.1, -0.05) is 85.2 Å². The van der Waals surface area contributed by atoms with Gasteiger partial charge in [0.05, 0.1) is 19.2 Å². The van der Waals surface area contributed by atoms with Crippen LogP contribution in [0.1, 0.15) is 86.1 Å². The molecule has 2 fully saturated rings. The van der Waals surface area contributed by atoms with Crippen LogP contribution in [-0.2, 0) is 29.3 Å². The van der Waals surface area contributed by atoms with Crippen LogP contribution < -0.4 is 10.6 Å². The van der Waals surface area contributed by atoms with E-state index in [2.05, 4.69) is 29.4 Å². The molecule has 0 radical (unpaired) electrons. The van der Waals surface area contributed by atoms with E-state index in [1.807, 2.05) is 72.0 Å². The van der Waals surface area contributed by atoms with Gasteiger partial charge in [0.15, 0.2) is 0 Å². The van der Waals surface area contributed by atoms with Crippen LogP contribution in [0.25, 0.3) is 0 Å². The number of rotatable bonds is 12. The minimum absolute atomic E-state index is 0.0249. The standard InChI is InChI=1S/C36H59N5O5/c1-24(2)28(23-40-21-15-14-19-26(40)32(43)41-22-16-20-27(41)34(45)46-10)39(9)33(44)30(35(3,4)5)38-31(42)29(37-8)36(6,7)25-17-12-11-13-18-25/h11-13,17-18,24,26-30,37H,14-16,19-23H2,1-10H3,(H,38,42). The van der Waals surface area contributed by atoms with Gasteiger partial charge in [0, 0.05) is 31.6 Å². The summed E-state index contributed by atoms with van der Waals surface area (Å²) >= 11 is 0. The molecule has 1 aromatic carbocycles. The summed E-state index contributed by atoms with van der Waals surface area (Å²) in [6.07, 6.45) is 4.02. The van der Waals surface area contributed by atoms with E-state index < -0.39 is 29.0 Å². The zero-order valence-corrected chi connectivity index (χ0v) is 29.9. The second-order valence-corrected chi connectivity index (χ2v) is 15.1. The van der Waals surface area contributed by atoms with Crippen LogP contribution in [0.4, 0.5) is 0 Å². The fourth-order valence-electron chi connectivity index (χ4n) is 7.21. The average molecular weight is 642 g/mol. The fraction of sp³-hybridized carbons (Fsp3) is 0.722. The van der Waals surface area contributed by atoms with E-state index in [9.17, 15) is 19.2 Å². The molecule has 10 nitrogen and oxygen atoms in total. The highest BCUT2D eigenvalue weighted by atomic mass is 16.5. The Hall–Kier alpha value is -2.98. The summed E-state index contributed by atoms with van der Waals surface area (Å²) in [5.74, 6) is -0.673. The Balaban J connectivity index is 1.82. The van der Waals surface area contributed by atoms with Crippen molar-refractivity contribution in [2.75, 3.05) is 40.8 Å². The number of ether oxygens (including phenoxy) is 1. The Kier molecular flexibility index (Phi) is 12.8. The summed E-state index contributed by atoms with van der Waals surface area (Å²) in [5, 5.41) is 6.34. The van der Waals surface area contributed by atoms with Gasteiger partial charge >= 0.3 is 5.97 Å². The molecule has 0 saturated carbocycles. The van der Waals surface area contributed by atoms with Crippen LogP contribution in [-0.4, -0.2) is 109 Å². The molecule has 0 aromatic heterocycles. The van der Waals surface area contributed by atoms with E-state index in [4.69, 9.17) is 4.74 Å². The number of piperidine rings is 1. The molecule has 2 aliphatic heterocycles. The number of amides is 3. The number of likely N-dealkylation sites (N-methyl/N-ethyl adjacent to an activating group) is 2. The number of benzene rings is 1. The molecule has 2 aliphatic rings. The molecule has 10 heteroatoms. The molecular formula is C36H59N5O5. The molecule has 5 atom stereocenters. The van der Waals surface area contributed by atoms with Crippen molar-refractivity contribution in [1.29, 1.82) is 0 Å². The lowest BCUT2D eigenvalue weighted by atomic mass is 9.76. The first-order valence-corrected chi connectivity index (χ1v) is 17.0. The number of likely N-dealkylation sites (tertiary alicyclic amines) is 2. The van der Waals surface area contributed by atoms with Crippen molar-refractivity contribution in [3.05, 3.63) is 35.9 Å². The number of methoxy groups -OCH3 is 1. The van der Waals surface area contributed by atoms with Crippen molar-refractivity contribution in [2.45, 2.75) is 116 Å². The number of nitrogens with zero attached hydrogens (tertiary/aromatic N) is 3. The van der Waals surface area contributed by atoms with Crippen molar-refractivity contribution >= 4 is 23.7 Å². The molecule has 3 rings (SSSR count). The minimum Gasteiger partial charge on any atom is -0.467 e. The predicted octanol–water partition coefficient (Wildman–Crippen LogP) is 3.58. The molecule has 5 unspecified atom stereocenters. The Morgan fingerprint density at radius 3 is 2.13 bits per heavy atom. The van der Waals surface area contributed by atoms with Crippen LogP contribution >= 0.6 is 0 Å². The highest BCUT2D eigenvalue weighted by molar-refractivity contribution is 5.91. The first kappa shape index (κ1) is 37.5. The molecule has 46 heavy (non-hydrogen) atoms. The maximum atomic E-state index is 14.4. The van der Waals surface area contributed by atoms with Crippen LogP contribution in [0.5, 0.6) is 0 Å². The first-order chi connectivity index (χ1) is 21.6. The third-order valence-corrected chi connectivity index (χ3v) is 10.1. The van der Waals surface area contributed by atoms with E-state index in [1.165, 1.54) is 7.11 Å². The van der Waals surface area contributed by atoms with Gasteiger partial charge in [-0.25, -0.2) is 4.79 Å². The molecular weight excluding hydrogens is 582 g/mol. The van der Waals surface area contributed by atoms with Crippen LogP contribution in [0, 0.1) is 11.3 Å². The van der Waals surface area contributed by atoms with Crippen molar-refractivity contribution in [1.82, 2.24) is 25.3 Å². The SMILES string of the molecule is CNC(C(=O)NC(C(=O)N(C)C(CN1CCCCC1C(=O)N1CCCC1C(=O)OC)C(C)C)C(C)(C)C)C(C)(C)c1ccccc1. The second-order valence-electron chi connectivity index (χ2n) is 15.1. The fourth-order valence-corrected chi connectivity index (χ4v) is 7.21. The molecule has 0 aliphatic carbocycles. The summed E-state index contributed by atoms with van der Waals surface area (Å²) in [5.41, 5.74) is -0.0618. The van der Waals surface area contributed by atoms with Crippen molar-refractivity contribution in [3.63, 3.8) is 0 Å². The number of esters is 1. The van der Waals surface area contributed by atoms with E-state index in [0.717, 1.165) is 37.8 Å². The summed E-state index contributed by atoms with van der Waals surface area (Å²) < 4.78 is 5.00. The van der Waals surface area contributed by atoms with Crippen molar-refractivity contribution in [3.8, 4) is 0 Å². The van der Waals surface area contributed by atoms with Gasteiger partial charge in [-0.2, -0.15) is 0 Å². The van der Waals surface area contributed by atoms with Gasteiger partial charge < -0.3 is 25.2 Å². The lowest BCUT2D eigenvalue weighted by molar-refractivity contribution is -0.153. The van der Waals surface area contributed by atoms with E-state index in [-0.39, 0.29) is 41.7 Å². The van der Waals surface area contributed by atoms with Crippen LogP contribution in [0.3, 0.4) is 0 Å². The van der Waals surface area contributed by atoms with Gasteiger partial charge in [0.25, 0.3) is 0 Å². The van der Waals surface area contributed by atoms with Crippen molar-refractivity contribution in [2.24, 2.45) is 11.3 Å². The summed E-state index contributed by atoms with van der Waals surface area (Å²) in [6, 6.07) is 7.51. The van der Waals surface area contributed by atoms with Gasteiger partial charge in [-0.15, -0.1) is 0 Å². The predicted molar refractivity (Wildman–Crippen MR) is 181 cm³/mol. The minimum atomic E-state index is -0.766. The molecule has 2 heterocycles. The lowest BCUT2D eigenvalue weighted by Crippen LogP contribution is -2.63. The maximum absolute atomic E-state index is 14.4. The number of hydrogen-bond acceptors (Lipinski definition) is 7. The molecule has 258 valence electrons. The number of carbonyl (C=O) groups is 4. The van der Waals surface area contributed by atoms with E-state index in [1.54, 1.807) is 16.8 Å². The Labute approximate surface area is 277 Å². The normalized spacial score (nSPS) is 21.4. The van der Waals surface area contributed by atoms with E-state index in [0.29, 0.717) is 19.5 Å². The van der Waals surface area contributed by atoms with Gasteiger partial charge in [0.2, 0.25) is 17.7 Å². The third kappa shape index (κ3) is 8.48. The topological polar surface area (TPSA) is 111 Å². The monoisotopic (exact) mass is 641 g/mol. The van der Waals surface area contributed by atoms with E-state index >= 15 is 0 Å². The highest BCUT2D eigenvalue weighted by Gasteiger charge is 2.44. The number of carbonyl (C=O) groups excluding carboxylic acids is 4. The average Bonchev–Trinajstić information content (AvgIpc) is 3.51. The molecule has 3 amide bonds. The largest absolute Gasteiger partial charge is 0.467 e. The zero-order valence-electron chi connectivity index (χ0n) is 29.9. The second kappa shape index (κ2) is 15.7. The quantitative estimate of drug-likeness (QED) is 0.336. The first-order valence-electron chi connectivity index (χ1n) is 17.0. The lowest BCUT2D eigenvalue weighted by Gasteiger charge is -2.44. The van der Waals surface area contributed by atoms with Gasteiger partial charge in [-0.3, -0.25) is 19.3 Å². The molecule has 0 bridgehead atoms. The van der Waals surface area contributed by atoms with Gasteiger partial charge in [-0.05, 0) is 56.2 Å². The zero-order chi connectivity index (χ0) is 34.4. The Morgan fingerprint density at radius 2 is 1.57 bits per heavy atom. The third-order valence-electron chi connectivity index (χ3n) is 10.1. The number of nitrogens with one attached hydrogen (secondary N) is 2. The molecule has 2 N–H and O–H groups in total. The van der Waals surface area contributed by atoms with Gasteiger partial charge in [0.1, 0.15) is 12.1 Å². The summed E-state index contributed by atoms with van der Waals surface area (Å²) in [7, 11) is 4.96. The number of hydrogen-bond donors (Lipinski definition) is 2. The Bertz CT molecular complexity index is 1200. The summed E-state index contributed by atoms with van der Waals surface area (Å²) in [4.78, 5) is 60.3. The van der Waals surface area contributed by atoms with Crippen LogP contribution in [0.2, 0.25) is 0 Å². The smallest absolute Gasteiger partial charge is 0.328 e. The highest BCUT2D eigenvalue weighted by Crippen LogP contribution is 2.30. The molecule has 2 saturated heterocycles. The molecule has 1 aromatic rings.